The second-order valence-electron chi connectivity index (χ2n) is 5.07. The van der Waals surface area contributed by atoms with E-state index in [0.717, 1.165) is 11.6 Å². The SMILES string of the molecule is CC(C)Nc1cc(NC2CCCCC2)ncn1. The van der Waals surface area contributed by atoms with Gasteiger partial charge in [-0.2, -0.15) is 0 Å². The fraction of sp³-hybridized carbons (Fsp3) is 0.692. The molecule has 1 saturated carbocycles. The minimum Gasteiger partial charge on any atom is -0.368 e. The Morgan fingerprint density at radius 3 is 2.53 bits per heavy atom. The molecule has 17 heavy (non-hydrogen) atoms. The van der Waals surface area contributed by atoms with Crippen LogP contribution in [0.2, 0.25) is 0 Å². The second-order valence-corrected chi connectivity index (χ2v) is 5.07. The van der Waals surface area contributed by atoms with Crippen LogP contribution in [-0.2, 0) is 0 Å². The van der Waals surface area contributed by atoms with Gasteiger partial charge in [0.15, 0.2) is 0 Å². The van der Waals surface area contributed by atoms with E-state index in [9.17, 15) is 0 Å². The molecule has 1 fully saturated rings. The predicted octanol–water partition coefficient (Wildman–Crippen LogP) is 3.04. The maximum atomic E-state index is 4.28. The Bertz CT molecular complexity index is 345. The Hall–Kier alpha value is -1.32. The van der Waals surface area contributed by atoms with Crippen LogP contribution in [0.25, 0.3) is 0 Å². The average Bonchev–Trinajstić information content (AvgIpc) is 2.30. The highest BCUT2D eigenvalue weighted by Gasteiger charge is 2.13. The summed E-state index contributed by atoms with van der Waals surface area (Å²) in [5, 5.41) is 6.79. The van der Waals surface area contributed by atoms with Gasteiger partial charge >= 0.3 is 0 Å². The Morgan fingerprint density at radius 1 is 1.12 bits per heavy atom. The van der Waals surface area contributed by atoms with Crippen LogP contribution < -0.4 is 10.6 Å². The number of nitrogens with one attached hydrogen (secondary N) is 2. The van der Waals surface area contributed by atoms with E-state index >= 15 is 0 Å². The number of anilines is 2. The Kier molecular flexibility index (Phi) is 4.18. The van der Waals surface area contributed by atoms with Crippen molar-refractivity contribution in [3.05, 3.63) is 12.4 Å². The molecule has 0 amide bonds. The van der Waals surface area contributed by atoms with Crippen molar-refractivity contribution in [2.75, 3.05) is 10.6 Å². The van der Waals surface area contributed by atoms with Gasteiger partial charge in [-0.05, 0) is 26.7 Å². The van der Waals surface area contributed by atoms with Gasteiger partial charge in [0.25, 0.3) is 0 Å². The van der Waals surface area contributed by atoms with Crippen LogP contribution in [0.15, 0.2) is 12.4 Å². The average molecular weight is 234 g/mol. The summed E-state index contributed by atoms with van der Waals surface area (Å²) in [5.74, 6) is 1.84. The molecule has 2 rings (SSSR count). The number of nitrogens with zero attached hydrogens (tertiary/aromatic N) is 2. The lowest BCUT2D eigenvalue weighted by atomic mass is 9.95. The third-order valence-corrected chi connectivity index (χ3v) is 3.06. The normalized spacial score (nSPS) is 17.1. The minimum absolute atomic E-state index is 0.396. The van der Waals surface area contributed by atoms with Gasteiger partial charge in [0, 0.05) is 18.2 Å². The van der Waals surface area contributed by atoms with Crippen LogP contribution in [0.1, 0.15) is 46.0 Å². The van der Waals surface area contributed by atoms with Crippen molar-refractivity contribution in [3.63, 3.8) is 0 Å². The van der Waals surface area contributed by atoms with Crippen LogP contribution in [0.3, 0.4) is 0 Å². The van der Waals surface area contributed by atoms with Crippen LogP contribution in [0, 0.1) is 0 Å². The van der Waals surface area contributed by atoms with Crippen LogP contribution in [-0.4, -0.2) is 22.1 Å². The first kappa shape index (κ1) is 12.1. The summed E-state index contributed by atoms with van der Waals surface area (Å²) in [6.07, 6.45) is 8.19. The molecule has 0 saturated heterocycles. The summed E-state index contributed by atoms with van der Waals surface area (Å²) >= 11 is 0. The van der Waals surface area contributed by atoms with Crippen LogP contribution in [0.5, 0.6) is 0 Å². The summed E-state index contributed by atoms with van der Waals surface area (Å²) in [5.41, 5.74) is 0. The lowest BCUT2D eigenvalue weighted by molar-refractivity contribution is 0.462. The number of hydrogen-bond acceptors (Lipinski definition) is 4. The lowest BCUT2D eigenvalue weighted by Gasteiger charge is -2.23. The van der Waals surface area contributed by atoms with Gasteiger partial charge in [0.05, 0.1) is 0 Å². The first-order chi connectivity index (χ1) is 8.24. The first-order valence-corrected chi connectivity index (χ1v) is 6.59. The summed E-state index contributed by atoms with van der Waals surface area (Å²) < 4.78 is 0. The molecular formula is C13H22N4. The molecule has 1 aliphatic carbocycles. The van der Waals surface area contributed by atoms with Crippen molar-refractivity contribution in [2.24, 2.45) is 0 Å². The molecule has 1 aromatic heterocycles. The van der Waals surface area contributed by atoms with Crippen LogP contribution >= 0.6 is 0 Å². The molecule has 0 unspecified atom stereocenters. The van der Waals surface area contributed by atoms with E-state index in [0.29, 0.717) is 12.1 Å². The fourth-order valence-corrected chi connectivity index (χ4v) is 2.27. The van der Waals surface area contributed by atoms with Gasteiger partial charge in [0.1, 0.15) is 18.0 Å². The molecule has 0 aromatic carbocycles. The topological polar surface area (TPSA) is 49.8 Å². The van der Waals surface area contributed by atoms with E-state index in [1.54, 1.807) is 6.33 Å². The molecule has 4 nitrogen and oxygen atoms in total. The first-order valence-electron chi connectivity index (χ1n) is 6.59. The third-order valence-electron chi connectivity index (χ3n) is 3.06. The zero-order valence-electron chi connectivity index (χ0n) is 10.7. The van der Waals surface area contributed by atoms with Gasteiger partial charge in [-0.15, -0.1) is 0 Å². The summed E-state index contributed by atoms with van der Waals surface area (Å²) in [6.45, 7) is 4.21. The zero-order chi connectivity index (χ0) is 12.1. The number of aromatic nitrogens is 2. The maximum Gasteiger partial charge on any atom is 0.131 e. The van der Waals surface area contributed by atoms with Crippen molar-refractivity contribution < 1.29 is 0 Å². The summed E-state index contributed by atoms with van der Waals surface area (Å²) in [7, 11) is 0. The molecule has 94 valence electrons. The van der Waals surface area contributed by atoms with E-state index in [1.807, 2.05) is 6.07 Å². The zero-order valence-corrected chi connectivity index (χ0v) is 10.7. The standard InChI is InChI=1S/C13H22N4/c1-10(2)16-12-8-13(15-9-14-12)17-11-6-4-3-5-7-11/h8-11H,3-7H2,1-2H3,(H2,14,15,16,17). The Morgan fingerprint density at radius 2 is 1.82 bits per heavy atom. The lowest BCUT2D eigenvalue weighted by Crippen LogP contribution is -2.23. The molecule has 1 heterocycles. The number of hydrogen-bond donors (Lipinski definition) is 2. The van der Waals surface area contributed by atoms with Crippen molar-refractivity contribution in [1.82, 2.24) is 9.97 Å². The molecule has 1 aromatic rings. The smallest absolute Gasteiger partial charge is 0.131 e. The number of rotatable bonds is 4. The molecule has 0 bridgehead atoms. The quantitative estimate of drug-likeness (QED) is 0.840. The van der Waals surface area contributed by atoms with Gasteiger partial charge < -0.3 is 10.6 Å². The fourth-order valence-electron chi connectivity index (χ4n) is 2.27. The summed E-state index contributed by atoms with van der Waals surface area (Å²) in [6, 6.07) is 2.98. The van der Waals surface area contributed by atoms with Crippen molar-refractivity contribution in [3.8, 4) is 0 Å². The second kappa shape index (κ2) is 5.84. The van der Waals surface area contributed by atoms with Crippen molar-refractivity contribution in [2.45, 2.75) is 58.0 Å². The van der Waals surface area contributed by atoms with E-state index in [4.69, 9.17) is 0 Å². The van der Waals surface area contributed by atoms with Crippen molar-refractivity contribution >= 4 is 11.6 Å². The molecule has 0 aliphatic heterocycles. The molecule has 4 heteroatoms. The molecule has 0 atom stereocenters. The Labute approximate surface area is 103 Å². The maximum absolute atomic E-state index is 4.28. The predicted molar refractivity (Wildman–Crippen MR) is 71.3 cm³/mol. The third kappa shape index (κ3) is 3.88. The van der Waals surface area contributed by atoms with E-state index in [2.05, 4.69) is 34.4 Å². The highest BCUT2D eigenvalue weighted by Crippen LogP contribution is 2.21. The molecule has 0 spiro atoms. The minimum atomic E-state index is 0.396. The van der Waals surface area contributed by atoms with E-state index in [-0.39, 0.29) is 0 Å². The van der Waals surface area contributed by atoms with Gasteiger partial charge in [-0.1, -0.05) is 19.3 Å². The van der Waals surface area contributed by atoms with Gasteiger partial charge in [-0.3, -0.25) is 0 Å². The highest BCUT2D eigenvalue weighted by molar-refractivity contribution is 5.47. The van der Waals surface area contributed by atoms with Crippen molar-refractivity contribution in [1.29, 1.82) is 0 Å². The van der Waals surface area contributed by atoms with Gasteiger partial charge in [0.2, 0.25) is 0 Å². The van der Waals surface area contributed by atoms with Crippen LogP contribution in [0.4, 0.5) is 11.6 Å². The van der Waals surface area contributed by atoms with Gasteiger partial charge in [-0.25, -0.2) is 9.97 Å². The highest BCUT2D eigenvalue weighted by atomic mass is 15.1. The largest absolute Gasteiger partial charge is 0.368 e. The van der Waals surface area contributed by atoms with E-state index in [1.165, 1.54) is 32.1 Å². The molecular weight excluding hydrogens is 212 g/mol. The Balaban J connectivity index is 1.95. The molecule has 0 radical (unpaired) electrons. The monoisotopic (exact) mass is 234 g/mol. The van der Waals surface area contributed by atoms with E-state index < -0.39 is 0 Å². The summed E-state index contributed by atoms with van der Waals surface area (Å²) in [4.78, 5) is 8.49. The molecule has 2 N–H and O–H groups in total. The molecule has 1 aliphatic rings.